The van der Waals surface area contributed by atoms with Crippen molar-refractivity contribution in [3.8, 4) is 0 Å². The van der Waals surface area contributed by atoms with Crippen molar-refractivity contribution in [1.82, 2.24) is 13.2 Å². The molecule has 4 heterocycles. The largest absolute Gasteiger partial charge is 0.313 e. The summed E-state index contributed by atoms with van der Waals surface area (Å²) >= 11 is 0. The Kier molecular flexibility index (Phi) is 3.63. The highest BCUT2D eigenvalue weighted by atomic mass is 14.9. The lowest BCUT2D eigenvalue weighted by Crippen LogP contribution is -2.29. The summed E-state index contributed by atoms with van der Waals surface area (Å²) in [6.45, 7) is 0. The van der Waals surface area contributed by atoms with E-state index in [1.165, 1.54) is 82.0 Å². The van der Waals surface area contributed by atoms with Gasteiger partial charge in [-0.15, -0.1) is 0 Å². The first-order valence-electron chi connectivity index (χ1n) is 14.1. The second-order valence-electron chi connectivity index (χ2n) is 11.2. The number of aryl methyl sites for hydroxylation is 2. The monoisotopic (exact) mass is 499 g/mol. The minimum atomic E-state index is 1.03. The van der Waals surface area contributed by atoms with Crippen LogP contribution in [0, 0.1) is 0 Å². The Balaban J connectivity index is 1.62. The minimum absolute atomic E-state index is 1.03. The fraction of sp³-hybridized carbons (Fsp3) is 0.111. The summed E-state index contributed by atoms with van der Waals surface area (Å²) in [6, 6.07) is 34.4. The Labute approximate surface area is 223 Å². The number of benzene rings is 4. The van der Waals surface area contributed by atoms with E-state index >= 15 is 0 Å². The van der Waals surface area contributed by atoms with Gasteiger partial charge in [0.05, 0.1) is 27.6 Å². The van der Waals surface area contributed by atoms with E-state index in [4.69, 9.17) is 0 Å². The normalized spacial score (nSPS) is 14.7. The van der Waals surface area contributed by atoms with E-state index in [0.29, 0.717) is 0 Å². The average molecular weight is 500 g/mol. The maximum Gasteiger partial charge on any atom is 0.0561 e. The molecular formula is C36H25N3. The molecule has 4 aromatic heterocycles. The van der Waals surface area contributed by atoms with Crippen molar-refractivity contribution in [1.29, 1.82) is 0 Å². The molecule has 0 saturated heterocycles. The van der Waals surface area contributed by atoms with Gasteiger partial charge in [-0.1, -0.05) is 60.7 Å². The maximum atomic E-state index is 2.54. The van der Waals surface area contributed by atoms with Crippen molar-refractivity contribution in [2.45, 2.75) is 25.7 Å². The van der Waals surface area contributed by atoms with Crippen molar-refractivity contribution in [2.24, 2.45) is 0 Å². The molecule has 0 saturated carbocycles. The predicted octanol–water partition coefficient (Wildman–Crippen LogP) is 7.07. The fourth-order valence-corrected chi connectivity index (χ4v) is 7.69. The van der Waals surface area contributed by atoms with Gasteiger partial charge in [-0.3, -0.25) is 0 Å². The Bertz CT molecular complexity index is 2550. The molecule has 0 spiro atoms. The summed E-state index contributed by atoms with van der Waals surface area (Å²) in [4.78, 5) is 0. The molecule has 4 aromatic carbocycles. The van der Waals surface area contributed by atoms with Crippen LogP contribution in [0.5, 0.6) is 0 Å². The molecule has 0 aliphatic heterocycles. The molecule has 39 heavy (non-hydrogen) atoms. The molecular weight excluding hydrogens is 474 g/mol. The zero-order valence-electron chi connectivity index (χ0n) is 21.5. The van der Waals surface area contributed by atoms with Gasteiger partial charge >= 0.3 is 0 Å². The molecule has 184 valence electrons. The quantitative estimate of drug-likeness (QED) is 0.212. The molecule has 2 aliphatic carbocycles. The number of hydrogen-bond acceptors (Lipinski definition) is 0. The zero-order chi connectivity index (χ0) is 25.2. The third kappa shape index (κ3) is 2.44. The Morgan fingerprint density at radius 1 is 0.462 bits per heavy atom. The predicted molar refractivity (Wildman–Crippen MR) is 163 cm³/mol. The Morgan fingerprint density at radius 3 is 1.85 bits per heavy atom. The van der Waals surface area contributed by atoms with E-state index in [-0.39, 0.29) is 0 Å². The summed E-state index contributed by atoms with van der Waals surface area (Å²) < 4.78 is 7.55. The fourth-order valence-electron chi connectivity index (χ4n) is 7.69. The molecule has 10 rings (SSSR count). The van der Waals surface area contributed by atoms with E-state index in [2.05, 4.69) is 116 Å². The van der Waals surface area contributed by atoms with Crippen molar-refractivity contribution >= 4 is 72.3 Å². The van der Waals surface area contributed by atoms with Gasteiger partial charge in [0.15, 0.2) is 0 Å². The van der Waals surface area contributed by atoms with Gasteiger partial charge in [-0.25, -0.2) is 0 Å². The van der Waals surface area contributed by atoms with Crippen LogP contribution in [0.3, 0.4) is 0 Å². The van der Waals surface area contributed by atoms with Crippen LogP contribution in [-0.4, -0.2) is 13.2 Å². The first-order valence-corrected chi connectivity index (χ1v) is 14.1. The molecule has 3 heteroatoms. The second kappa shape index (κ2) is 7.00. The molecule has 3 nitrogen and oxygen atoms in total. The van der Waals surface area contributed by atoms with Gasteiger partial charge in [0.25, 0.3) is 0 Å². The average Bonchev–Trinajstić information content (AvgIpc) is 3.61. The van der Waals surface area contributed by atoms with Crippen molar-refractivity contribution < 1.29 is 0 Å². The van der Waals surface area contributed by atoms with Gasteiger partial charge in [-0.2, -0.15) is 0 Å². The SMILES string of the molecule is C1=c2c3c4cc(n5c6ccccc6c6ccc(cc65)n5c6ccccc6c6ccc(cc65)n4c2=CCC1)CC3. The summed E-state index contributed by atoms with van der Waals surface area (Å²) in [5.74, 6) is 0. The molecule has 0 atom stereocenters. The first-order chi connectivity index (χ1) is 19.3. The topological polar surface area (TPSA) is 13.2 Å². The van der Waals surface area contributed by atoms with Crippen LogP contribution in [0.15, 0.2) is 91.0 Å². The minimum Gasteiger partial charge on any atom is -0.313 e. The molecule has 0 fully saturated rings. The molecule has 0 N–H and O–H groups in total. The van der Waals surface area contributed by atoms with E-state index < -0.39 is 0 Å². The Morgan fingerprint density at radius 2 is 1.08 bits per heavy atom. The lowest BCUT2D eigenvalue weighted by atomic mass is 10.0. The number of nitrogens with zero attached hydrogens (tertiary/aromatic N) is 3. The van der Waals surface area contributed by atoms with Crippen LogP contribution in [0.1, 0.15) is 24.1 Å². The standard InChI is InChI=1S/C36H25N3/c1-4-10-31-25(7-1)28-16-13-23-19-34(28)37(31)22-14-17-29-26-8-3-6-12-33(26)39(35(29)20-22)24-15-18-30-27-9-2-5-11-32(27)38(23)36(30)21-24/h1-2,4-5,7-13,15-16,18-21H,3,6,14,17H2. The number of fused-ring (bicyclic) bond motifs is 15. The molecule has 0 unspecified atom stereocenters. The van der Waals surface area contributed by atoms with Crippen molar-refractivity contribution in [3.05, 3.63) is 113 Å². The van der Waals surface area contributed by atoms with E-state index in [0.717, 1.165) is 25.7 Å². The van der Waals surface area contributed by atoms with Gasteiger partial charge in [0, 0.05) is 43.6 Å². The molecule has 0 amide bonds. The molecule has 0 radical (unpaired) electrons. The van der Waals surface area contributed by atoms with Crippen LogP contribution in [0.4, 0.5) is 0 Å². The molecule has 8 aromatic rings. The third-order valence-electron chi connectivity index (χ3n) is 9.30. The smallest absolute Gasteiger partial charge is 0.0561 e. The first kappa shape index (κ1) is 20.2. The van der Waals surface area contributed by atoms with Crippen LogP contribution in [-0.2, 0) is 12.8 Å². The van der Waals surface area contributed by atoms with Crippen LogP contribution >= 0.6 is 0 Å². The third-order valence-corrected chi connectivity index (χ3v) is 9.30. The van der Waals surface area contributed by atoms with E-state index in [1.54, 1.807) is 0 Å². The van der Waals surface area contributed by atoms with E-state index in [9.17, 15) is 0 Å². The van der Waals surface area contributed by atoms with Crippen molar-refractivity contribution in [3.63, 3.8) is 0 Å². The highest BCUT2D eigenvalue weighted by Crippen LogP contribution is 2.35. The van der Waals surface area contributed by atoms with Crippen LogP contribution in [0.2, 0.25) is 0 Å². The maximum absolute atomic E-state index is 2.54. The lowest BCUT2D eigenvalue weighted by Gasteiger charge is -2.12. The number of aromatic nitrogens is 3. The summed E-state index contributed by atoms with van der Waals surface area (Å²) in [5.41, 5.74) is 11.8. The van der Waals surface area contributed by atoms with Crippen molar-refractivity contribution in [2.75, 3.05) is 0 Å². The van der Waals surface area contributed by atoms with Crippen LogP contribution < -0.4 is 10.6 Å². The van der Waals surface area contributed by atoms with Gasteiger partial charge < -0.3 is 13.2 Å². The second-order valence-corrected chi connectivity index (χ2v) is 11.2. The lowest BCUT2D eigenvalue weighted by molar-refractivity contribution is 0.889. The van der Waals surface area contributed by atoms with Crippen LogP contribution in [0.25, 0.3) is 72.3 Å². The van der Waals surface area contributed by atoms with Gasteiger partial charge in [-0.05, 0) is 78.9 Å². The molecule has 6 bridgehead atoms. The zero-order valence-corrected chi connectivity index (χ0v) is 21.5. The summed E-state index contributed by atoms with van der Waals surface area (Å²) in [5, 5.41) is 8.05. The Hall–Kier alpha value is -4.76. The van der Waals surface area contributed by atoms with Gasteiger partial charge in [0.2, 0.25) is 0 Å². The number of rotatable bonds is 0. The highest BCUT2D eigenvalue weighted by molar-refractivity contribution is 6.12. The number of para-hydroxylation sites is 2. The van der Waals surface area contributed by atoms with E-state index in [1.807, 2.05) is 0 Å². The highest BCUT2D eigenvalue weighted by Gasteiger charge is 2.19. The van der Waals surface area contributed by atoms with Gasteiger partial charge in [0.1, 0.15) is 0 Å². The summed E-state index contributed by atoms with van der Waals surface area (Å²) in [7, 11) is 0. The molecule has 2 aliphatic rings. The summed E-state index contributed by atoms with van der Waals surface area (Å²) in [6.07, 6.45) is 9.26. The number of hydrogen-bond donors (Lipinski definition) is 0.